The van der Waals surface area contributed by atoms with Crippen molar-refractivity contribution in [3.63, 3.8) is 0 Å². The molecule has 0 saturated carbocycles. The van der Waals surface area contributed by atoms with E-state index in [1.807, 2.05) is 4.90 Å². The van der Waals surface area contributed by atoms with Crippen LogP contribution in [0.4, 0.5) is 11.6 Å². The molecule has 31 heavy (non-hydrogen) atoms. The quantitative estimate of drug-likeness (QED) is 0.656. The smallest absolute Gasteiger partial charge is 0.219 e. The third-order valence-electron chi connectivity index (χ3n) is 6.11. The average Bonchev–Trinajstić information content (AvgIpc) is 3.17. The Bertz CT molecular complexity index is 927. The van der Waals surface area contributed by atoms with E-state index in [0.717, 1.165) is 56.9 Å². The summed E-state index contributed by atoms with van der Waals surface area (Å²) in [5.41, 5.74) is 16.3. The number of benzene rings is 1. The summed E-state index contributed by atoms with van der Waals surface area (Å²) in [6.07, 6.45) is 5.16. The van der Waals surface area contributed by atoms with Crippen LogP contribution in [0.2, 0.25) is 0 Å². The van der Waals surface area contributed by atoms with E-state index in [9.17, 15) is 0 Å². The summed E-state index contributed by atoms with van der Waals surface area (Å²) < 4.78 is 0. The fourth-order valence-corrected chi connectivity index (χ4v) is 4.32. The second kappa shape index (κ2) is 9.45. The van der Waals surface area contributed by atoms with Gasteiger partial charge in [-0.05, 0) is 37.1 Å². The maximum absolute atomic E-state index is 8.64. The van der Waals surface area contributed by atoms with Gasteiger partial charge in [0.15, 0.2) is 0 Å². The number of nitrogens with two attached hydrogens (primary N) is 2. The second-order valence-electron chi connectivity index (χ2n) is 8.26. The first-order chi connectivity index (χ1) is 15.0. The number of nitrogen functional groups attached to an aromatic ring is 1. The molecule has 164 valence electrons. The molecule has 0 radical (unpaired) electrons. The molecule has 8 heteroatoms. The molecule has 2 saturated heterocycles. The lowest BCUT2D eigenvalue weighted by Crippen LogP contribution is -2.45. The van der Waals surface area contributed by atoms with E-state index >= 15 is 0 Å². The number of aromatic nitrogens is 2. The fourth-order valence-electron chi connectivity index (χ4n) is 4.32. The van der Waals surface area contributed by atoms with Crippen LogP contribution in [0, 0.1) is 5.41 Å². The summed E-state index contributed by atoms with van der Waals surface area (Å²) in [5, 5.41) is 8.64. The van der Waals surface area contributed by atoms with Crippen molar-refractivity contribution in [2.75, 3.05) is 49.9 Å². The summed E-state index contributed by atoms with van der Waals surface area (Å²) in [4.78, 5) is 15.1. The third kappa shape index (κ3) is 4.86. The molecule has 0 amide bonds. The Kier molecular flexibility index (Phi) is 6.48. The first-order valence-electron chi connectivity index (χ1n) is 11.0. The van der Waals surface area contributed by atoms with Gasteiger partial charge in [0.25, 0.3) is 0 Å². The number of nitrogens with zero attached hydrogens (tertiary/aromatic N) is 5. The lowest BCUT2D eigenvalue weighted by Gasteiger charge is -2.34. The molecule has 0 spiro atoms. The maximum atomic E-state index is 8.64. The number of hydrogen-bond acceptors (Lipinski definition) is 7. The van der Waals surface area contributed by atoms with Crippen LogP contribution < -0.4 is 16.4 Å². The maximum Gasteiger partial charge on any atom is 0.219 e. The van der Waals surface area contributed by atoms with Crippen molar-refractivity contribution < 1.29 is 0 Å². The highest BCUT2D eigenvalue weighted by Gasteiger charge is 2.26. The predicted molar refractivity (Wildman–Crippen MR) is 126 cm³/mol. The molecule has 0 bridgehead atoms. The Morgan fingerprint density at radius 1 is 1.00 bits per heavy atom. The van der Waals surface area contributed by atoms with Gasteiger partial charge in [0.05, 0.1) is 0 Å². The first-order valence-corrected chi connectivity index (χ1v) is 11.0. The van der Waals surface area contributed by atoms with Crippen LogP contribution in [0.3, 0.4) is 0 Å². The molecule has 8 nitrogen and oxygen atoms in total. The van der Waals surface area contributed by atoms with Crippen molar-refractivity contribution in [3.05, 3.63) is 53.4 Å². The van der Waals surface area contributed by atoms with Crippen LogP contribution in [0.5, 0.6) is 0 Å². The highest BCUT2D eigenvalue weighted by atomic mass is 15.3. The van der Waals surface area contributed by atoms with E-state index in [1.165, 1.54) is 18.5 Å². The minimum absolute atomic E-state index is 0.215. The van der Waals surface area contributed by atoms with Gasteiger partial charge in [-0.25, -0.2) is 9.97 Å². The molecule has 5 N–H and O–H groups in total. The summed E-state index contributed by atoms with van der Waals surface area (Å²) in [6.45, 7) is 9.74. The van der Waals surface area contributed by atoms with Gasteiger partial charge in [0.2, 0.25) is 5.95 Å². The number of nitrogens with one attached hydrogen (secondary N) is 1. The number of hydrogen-bond donors (Lipinski definition) is 3. The molecule has 4 rings (SSSR count). The second-order valence-corrected chi connectivity index (χ2v) is 8.26. The third-order valence-corrected chi connectivity index (χ3v) is 6.11. The fraction of sp³-hybridized carbons (Fsp3) is 0.435. The van der Waals surface area contributed by atoms with Crippen molar-refractivity contribution >= 4 is 23.2 Å². The van der Waals surface area contributed by atoms with E-state index in [1.54, 1.807) is 12.4 Å². The van der Waals surface area contributed by atoms with Gasteiger partial charge < -0.3 is 21.3 Å². The van der Waals surface area contributed by atoms with Gasteiger partial charge in [-0.15, -0.1) is 0 Å². The highest BCUT2D eigenvalue weighted by molar-refractivity contribution is 6.14. The number of piperazine rings is 1. The molecular formula is C23H32N8. The SMILES string of the molecule is CCCN1CCN(Cc2ccc(N3CC/C(=C(/N)c4cnc(N)nc4)C3=N)cc2)CC1. The molecule has 2 aliphatic rings. The van der Waals surface area contributed by atoms with Gasteiger partial charge in [0, 0.05) is 74.2 Å². The lowest BCUT2D eigenvalue weighted by molar-refractivity contribution is 0.127. The Hall–Kier alpha value is -2.97. The van der Waals surface area contributed by atoms with Crippen molar-refractivity contribution in [2.45, 2.75) is 26.3 Å². The van der Waals surface area contributed by atoms with Crippen LogP contribution in [-0.4, -0.2) is 64.9 Å². The van der Waals surface area contributed by atoms with Crippen LogP contribution in [0.1, 0.15) is 30.9 Å². The molecule has 0 unspecified atom stereocenters. The molecular weight excluding hydrogens is 388 g/mol. The van der Waals surface area contributed by atoms with E-state index in [-0.39, 0.29) is 5.95 Å². The molecule has 3 heterocycles. The molecule has 1 aromatic heterocycles. The van der Waals surface area contributed by atoms with Crippen molar-refractivity contribution in [1.29, 1.82) is 5.41 Å². The Morgan fingerprint density at radius 2 is 1.65 bits per heavy atom. The zero-order chi connectivity index (χ0) is 21.8. The minimum Gasteiger partial charge on any atom is -0.398 e. The predicted octanol–water partition coefficient (Wildman–Crippen LogP) is 2.14. The van der Waals surface area contributed by atoms with Gasteiger partial charge in [-0.2, -0.15) is 0 Å². The number of amidine groups is 1. The molecule has 2 aromatic rings. The zero-order valence-electron chi connectivity index (χ0n) is 18.2. The van der Waals surface area contributed by atoms with Crippen molar-refractivity contribution in [1.82, 2.24) is 19.8 Å². The molecule has 1 aromatic carbocycles. The van der Waals surface area contributed by atoms with Gasteiger partial charge in [-0.1, -0.05) is 19.1 Å². The van der Waals surface area contributed by atoms with E-state index in [4.69, 9.17) is 16.9 Å². The van der Waals surface area contributed by atoms with Crippen molar-refractivity contribution in [3.8, 4) is 0 Å². The van der Waals surface area contributed by atoms with Crippen LogP contribution >= 0.6 is 0 Å². The van der Waals surface area contributed by atoms with Gasteiger partial charge in [0.1, 0.15) is 5.84 Å². The number of anilines is 2. The van der Waals surface area contributed by atoms with E-state index in [2.05, 4.69) is 51.0 Å². The molecule has 2 fully saturated rings. The molecule has 0 aliphatic carbocycles. The normalized spacial score (nSPS) is 19.8. The highest BCUT2D eigenvalue weighted by Crippen LogP contribution is 2.29. The number of rotatable bonds is 6. The summed E-state index contributed by atoms with van der Waals surface area (Å²) in [6, 6.07) is 8.59. The first kappa shape index (κ1) is 21.3. The Balaban J connectivity index is 1.39. The van der Waals surface area contributed by atoms with Gasteiger partial charge >= 0.3 is 0 Å². The van der Waals surface area contributed by atoms with Crippen molar-refractivity contribution in [2.24, 2.45) is 5.73 Å². The standard InChI is InChI=1S/C23H32N8/c1-2-8-29-10-12-30(13-11-29)16-17-3-5-19(6-4-17)31-9-7-20(22(31)25)21(24)18-14-27-23(26)28-15-18/h3-6,14-15,25H,2,7-13,16,24H2,1H3,(H2,26,27,28)/b21-20-,25-22?. The minimum atomic E-state index is 0.215. The van der Waals surface area contributed by atoms with E-state index < -0.39 is 0 Å². The average molecular weight is 421 g/mol. The van der Waals surface area contributed by atoms with Crippen LogP contribution in [-0.2, 0) is 6.54 Å². The van der Waals surface area contributed by atoms with Gasteiger partial charge in [-0.3, -0.25) is 10.3 Å². The molecule has 0 atom stereocenters. The Labute approximate surface area is 184 Å². The summed E-state index contributed by atoms with van der Waals surface area (Å²) >= 11 is 0. The summed E-state index contributed by atoms with van der Waals surface area (Å²) in [7, 11) is 0. The summed E-state index contributed by atoms with van der Waals surface area (Å²) in [5.74, 6) is 0.654. The topological polar surface area (TPSA) is 111 Å². The lowest BCUT2D eigenvalue weighted by atomic mass is 10.1. The van der Waals surface area contributed by atoms with Crippen LogP contribution in [0.15, 0.2) is 42.2 Å². The van der Waals surface area contributed by atoms with E-state index in [0.29, 0.717) is 17.1 Å². The largest absolute Gasteiger partial charge is 0.398 e. The monoisotopic (exact) mass is 420 g/mol. The Morgan fingerprint density at radius 3 is 2.29 bits per heavy atom. The molecule has 2 aliphatic heterocycles. The van der Waals surface area contributed by atoms with Crippen LogP contribution in [0.25, 0.3) is 5.70 Å². The zero-order valence-corrected chi connectivity index (χ0v) is 18.2.